The Labute approximate surface area is 124 Å². The summed E-state index contributed by atoms with van der Waals surface area (Å²) in [4.78, 5) is 22.9. The van der Waals surface area contributed by atoms with Gasteiger partial charge >= 0.3 is 11.9 Å². The Morgan fingerprint density at radius 3 is 2.62 bits per heavy atom. The van der Waals surface area contributed by atoms with Gasteiger partial charge in [-0.1, -0.05) is 25.1 Å². The maximum atomic E-state index is 11.8. The fraction of sp³-hybridized carbons (Fsp3) is 0.500. The number of rotatable bonds is 4. The van der Waals surface area contributed by atoms with Crippen molar-refractivity contribution in [1.82, 2.24) is 0 Å². The Hall–Kier alpha value is -1.88. The van der Waals surface area contributed by atoms with Gasteiger partial charge in [0.15, 0.2) is 0 Å². The summed E-state index contributed by atoms with van der Waals surface area (Å²) in [6, 6.07) is 8.81. The van der Waals surface area contributed by atoms with Crippen molar-refractivity contribution in [3.8, 4) is 0 Å². The third kappa shape index (κ3) is 4.56. The summed E-state index contributed by atoms with van der Waals surface area (Å²) in [5, 5.41) is 0. The molecule has 21 heavy (non-hydrogen) atoms. The second-order valence-electron chi connectivity index (χ2n) is 5.26. The molecule has 5 heteroatoms. The highest BCUT2D eigenvalue weighted by Gasteiger charge is 2.31. The summed E-state index contributed by atoms with van der Waals surface area (Å²) in [6.45, 7) is 3.49. The molecule has 0 aliphatic carbocycles. The second kappa shape index (κ2) is 7.22. The van der Waals surface area contributed by atoms with E-state index in [4.69, 9.17) is 14.2 Å². The smallest absolute Gasteiger partial charge is 0.338 e. The van der Waals surface area contributed by atoms with E-state index in [0.717, 1.165) is 12.8 Å². The van der Waals surface area contributed by atoms with Crippen LogP contribution in [0.5, 0.6) is 0 Å². The van der Waals surface area contributed by atoms with Crippen LogP contribution in [0.4, 0.5) is 0 Å². The van der Waals surface area contributed by atoms with Crippen LogP contribution in [0.15, 0.2) is 30.3 Å². The third-order valence-electron chi connectivity index (χ3n) is 3.43. The van der Waals surface area contributed by atoms with Crippen molar-refractivity contribution >= 4 is 11.9 Å². The monoisotopic (exact) mass is 292 g/mol. The summed E-state index contributed by atoms with van der Waals surface area (Å²) in [6.07, 6.45) is 0.849. The quantitative estimate of drug-likeness (QED) is 0.798. The maximum absolute atomic E-state index is 11.8. The summed E-state index contributed by atoms with van der Waals surface area (Å²) in [5.41, 5.74) is 0.512. The molecule has 1 aromatic rings. The fourth-order valence-electron chi connectivity index (χ4n) is 2.23. The van der Waals surface area contributed by atoms with Gasteiger partial charge in [0.2, 0.25) is 6.29 Å². The number of benzene rings is 1. The molecular formula is C16H20O5. The molecule has 0 radical (unpaired) electrons. The van der Waals surface area contributed by atoms with Crippen LogP contribution in [0, 0.1) is 5.92 Å². The van der Waals surface area contributed by atoms with E-state index in [2.05, 4.69) is 0 Å². The molecule has 0 amide bonds. The predicted molar refractivity (Wildman–Crippen MR) is 75.5 cm³/mol. The lowest BCUT2D eigenvalue weighted by molar-refractivity contribution is -0.221. The first-order valence-corrected chi connectivity index (χ1v) is 7.11. The van der Waals surface area contributed by atoms with E-state index in [9.17, 15) is 9.59 Å². The number of carbonyl (C=O) groups is 2. The van der Waals surface area contributed by atoms with Crippen molar-refractivity contribution < 1.29 is 23.8 Å². The lowest BCUT2D eigenvalue weighted by Crippen LogP contribution is -2.39. The van der Waals surface area contributed by atoms with Crippen molar-refractivity contribution in [3.63, 3.8) is 0 Å². The van der Waals surface area contributed by atoms with Gasteiger partial charge in [-0.25, -0.2) is 4.79 Å². The van der Waals surface area contributed by atoms with Crippen molar-refractivity contribution in [2.24, 2.45) is 5.92 Å². The van der Waals surface area contributed by atoms with Gasteiger partial charge < -0.3 is 14.2 Å². The van der Waals surface area contributed by atoms with E-state index in [-0.39, 0.29) is 30.6 Å². The van der Waals surface area contributed by atoms with Crippen LogP contribution in [-0.4, -0.2) is 30.9 Å². The summed E-state index contributed by atoms with van der Waals surface area (Å²) >= 11 is 0. The zero-order valence-corrected chi connectivity index (χ0v) is 12.3. The fourth-order valence-corrected chi connectivity index (χ4v) is 2.23. The first-order valence-electron chi connectivity index (χ1n) is 7.11. The largest absolute Gasteiger partial charge is 0.459 e. The Morgan fingerprint density at radius 1 is 1.24 bits per heavy atom. The Bertz CT molecular complexity index is 485. The number of carbonyl (C=O) groups excluding carboxylic acids is 2. The topological polar surface area (TPSA) is 61.8 Å². The van der Waals surface area contributed by atoms with E-state index in [1.165, 1.54) is 6.92 Å². The predicted octanol–water partition coefficient (Wildman–Crippen LogP) is 2.55. The Balaban J connectivity index is 1.83. The van der Waals surface area contributed by atoms with Gasteiger partial charge in [-0.3, -0.25) is 4.79 Å². The summed E-state index contributed by atoms with van der Waals surface area (Å²) in [7, 11) is 0. The van der Waals surface area contributed by atoms with Crippen LogP contribution in [0.1, 0.15) is 37.0 Å². The molecule has 0 saturated carbocycles. The highest BCUT2D eigenvalue weighted by atomic mass is 16.7. The van der Waals surface area contributed by atoms with Gasteiger partial charge in [0.25, 0.3) is 0 Å². The van der Waals surface area contributed by atoms with E-state index < -0.39 is 6.29 Å². The average Bonchev–Trinajstić information content (AvgIpc) is 2.48. The van der Waals surface area contributed by atoms with Gasteiger partial charge in [0.1, 0.15) is 6.61 Å². The number of esters is 2. The number of ether oxygens (including phenoxy) is 3. The van der Waals surface area contributed by atoms with Crippen LogP contribution in [0.3, 0.4) is 0 Å². The maximum Gasteiger partial charge on any atom is 0.338 e. The lowest BCUT2D eigenvalue weighted by Gasteiger charge is -2.33. The molecule has 1 heterocycles. The molecule has 0 spiro atoms. The van der Waals surface area contributed by atoms with E-state index in [0.29, 0.717) is 5.56 Å². The molecule has 1 aromatic carbocycles. The standard InChI is InChI=1S/C16H20O5/c1-11-8-9-14(21-16(11)20-12(2)17)10-19-15(18)13-6-4-3-5-7-13/h3-7,11,14,16H,8-10H2,1-2H3. The minimum Gasteiger partial charge on any atom is -0.459 e. The van der Waals surface area contributed by atoms with E-state index in [1.54, 1.807) is 24.3 Å². The minimum absolute atomic E-state index is 0.148. The molecule has 5 nitrogen and oxygen atoms in total. The average molecular weight is 292 g/mol. The third-order valence-corrected chi connectivity index (χ3v) is 3.43. The number of hydrogen-bond acceptors (Lipinski definition) is 5. The molecule has 114 valence electrons. The van der Waals surface area contributed by atoms with Crippen LogP contribution >= 0.6 is 0 Å². The van der Waals surface area contributed by atoms with Crippen molar-refractivity contribution in [2.75, 3.05) is 6.61 Å². The molecule has 0 aromatic heterocycles. The summed E-state index contributed by atoms with van der Waals surface area (Å²) in [5.74, 6) is -0.592. The van der Waals surface area contributed by atoms with Crippen LogP contribution < -0.4 is 0 Å². The zero-order valence-electron chi connectivity index (χ0n) is 12.3. The summed E-state index contributed by atoms with van der Waals surface area (Å²) < 4.78 is 16.1. The molecule has 0 bridgehead atoms. The van der Waals surface area contributed by atoms with Crippen LogP contribution in [0.25, 0.3) is 0 Å². The van der Waals surface area contributed by atoms with Crippen LogP contribution in [-0.2, 0) is 19.0 Å². The molecule has 2 rings (SSSR count). The van der Waals surface area contributed by atoms with Gasteiger partial charge in [-0.2, -0.15) is 0 Å². The van der Waals surface area contributed by atoms with Gasteiger partial charge in [-0.05, 0) is 25.0 Å². The number of hydrogen-bond donors (Lipinski definition) is 0. The van der Waals surface area contributed by atoms with Crippen molar-refractivity contribution in [3.05, 3.63) is 35.9 Å². The minimum atomic E-state index is -0.559. The lowest BCUT2D eigenvalue weighted by atomic mass is 9.99. The molecule has 3 atom stereocenters. The zero-order chi connectivity index (χ0) is 15.2. The Morgan fingerprint density at radius 2 is 1.95 bits per heavy atom. The normalized spacial score (nSPS) is 25.1. The highest BCUT2D eigenvalue weighted by Crippen LogP contribution is 2.26. The van der Waals surface area contributed by atoms with Crippen molar-refractivity contribution in [1.29, 1.82) is 0 Å². The molecule has 1 aliphatic rings. The molecular weight excluding hydrogens is 272 g/mol. The van der Waals surface area contributed by atoms with Gasteiger partial charge in [-0.15, -0.1) is 0 Å². The first kappa shape index (κ1) is 15.5. The van der Waals surface area contributed by atoms with Gasteiger partial charge in [0.05, 0.1) is 11.7 Å². The Kier molecular flexibility index (Phi) is 5.33. The molecule has 0 N–H and O–H groups in total. The highest BCUT2D eigenvalue weighted by molar-refractivity contribution is 5.89. The second-order valence-corrected chi connectivity index (χ2v) is 5.26. The van der Waals surface area contributed by atoms with Gasteiger partial charge in [0, 0.05) is 12.8 Å². The van der Waals surface area contributed by atoms with E-state index >= 15 is 0 Å². The molecule has 3 unspecified atom stereocenters. The molecule has 1 fully saturated rings. The van der Waals surface area contributed by atoms with E-state index in [1.807, 2.05) is 13.0 Å². The molecule has 1 aliphatic heterocycles. The first-order chi connectivity index (χ1) is 10.1. The van der Waals surface area contributed by atoms with Crippen molar-refractivity contribution in [2.45, 2.75) is 39.1 Å². The SMILES string of the molecule is CC(=O)OC1OC(COC(=O)c2ccccc2)CCC1C. The van der Waals surface area contributed by atoms with Crippen LogP contribution in [0.2, 0.25) is 0 Å². The molecule has 1 saturated heterocycles.